The van der Waals surface area contributed by atoms with E-state index in [0.717, 1.165) is 0 Å². The number of nitrogens with one attached hydrogen (secondary N) is 1. The molecule has 0 bridgehead atoms. The largest absolute Gasteiger partial charge is 0.504 e. The van der Waals surface area contributed by atoms with E-state index >= 15 is 0 Å². The highest BCUT2D eigenvalue weighted by atomic mass is 16.5. The number of phenols is 1. The number of aromatic hydroxyl groups is 1. The SMILES string of the molecule is C=C(C(=O)O)C(C)=NC1=C(CN)C(OCC(C)(C)NC(=O)c2ccc(OC)c(O)c2)=CC=CC1. The number of phenolic OH excluding ortho intramolecular Hbond substituents is 1. The molecule has 9 heteroatoms. The normalized spacial score (nSPS) is 14.3. The molecule has 0 saturated heterocycles. The maximum atomic E-state index is 12.7. The number of carboxylic acids is 1. The standard InChI is InChI=1S/C25H31N3O6/c1-15(24(31)32)16(2)27-19-8-6-7-9-21(18(19)13-26)34-14-25(3,4)28-23(30)17-10-11-22(33-5)20(29)12-17/h6-7,9-12,29H,1,8,13-14,26H2,2-5H3,(H,28,30)(H,31,32). The van der Waals surface area contributed by atoms with Crippen LogP contribution < -0.4 is 15.8 Å². The number of hydrogen-bond donors (Lipinski definition) is 4. The van der Waals surface area contributed by atoms with Crippen LogP contribution in [0.3, 0.4) is 0 Å². The third-order valence-electron chi connectivity index (χ3n) is 5.02. The van der Waals surface area contributed by atoms with E-state index in [0.29, 0.717) is 23.5 Å². The number of carbonyl (C=O) groups excluding carboxylic acids is 1. The molecule has 0 atom stereocenters. The van der Waals surface area contributed by atoms with Gasteiger partial charge in [0.1, 0.15) is 12.4 Å². The second-order valence-corrected chi connectivity index (χ2v) is 8.29. The number of allylic oxidation sites excluding steroid dienone is 3. The molecule has 0 spiro atoms. The van der Waals surface area contributed by atoms with Gasteiger partial charge in [-0.3, -0.25) is 9.79 Å². The lowest BCUT2D eigenvalue weighted by Crippen LogP contribution is -2.47. The van der Waals surface area contributed by atoms with Crippen LogP contribution in [-0.4, -0.2) is 53.6 Å². The summed E-state index contributed by atoms with van der Waals surface area (Å²) >= 11 is 0. The molecule has 5 N–H and O–H groups in total. The maximum absolute atomic E-state index is 12.7. The Morgan fingerprint density at radius 1 is 1.32 bits per heavy atom. The van der Waals surface area contributed by atoms with E-state index in [1.54, 1.807) is 39.0 Å². The molecule has 1 aromatic rings. The fraction of sp³-hybridized carbons (Fsp3) is 0.320. The minimum atomic E-state index is -1.14. The average Bonchev–Trinajstić information content (AvgIpc) is 2.98. The van der Waals surface area contributed by atoms with Crippen LogP contribution in [0.15, 0.2) is 70.6 Å². The van der Waals surface area contributed by atoms with Gasteiger partial charge in [0.15, 0.2) is 11.5 Å². The first-order valence-corrected chi connectivity index (χ1v) is 10.6. The summed E-state index contributed by atoms with van der Waals surface area (Å²) in [5.74, 6) is -0.910. The average molecular weight is 470 g/mol. The zero-order valence-corrected chi connectivity index (χ0v) is 19.8. The highest BCUT2D eigenvalue weighted by Crippen LogP contribution is 2.27. The van der Waals surface area contributed by atoms with Gasteiger partial charge in [-0.15, -0.1) is 0 Å². The molecular weight excluding hydrogens is 438 g/mol. The number of methoxy groups -OCH3 is 1. The van der Waals surface area contributed by atoms with Crippen LogP contribution in [0.4, 0.5) is 0 Å². The van der Waals surface area contributed by atoms with Crippen molar-refractivity contribution in [3.8, 4) is 11.5 Å². The van der Waals surface area contributed by atoms with Gasteiger partial charge in [0.2, 0.25) is 0 Å². The van der Waals surface area contributed by atoms with Crippen molar-refractivity contribution in [3.05, 3.63) is 71.2 Å². The van der Waals surface area contributed by atoms with Gasteiger partial charge in [-0.05, 0) is 45.0 Å². The summed E-state index contributed by atoms with van der Waals surface area (Å²) < 4.78 is 11.0. The van der Waals surface area contributed by atoms with Gasteiger partial charge in [0.05, 0.1) is 29.6 Å². The summed E-state index contributed by atoms with van der Waals surface area (Å²) in [6.07, 6.45) is 5.87. The summed E-state index contributed by atoms with van der Waals surface area (Å²) in [5, 5.41) is 22.0. The summed E-state index contributed by atoms with van der Waals surface area (Å²) in [6.45, 7) is 8.95. The van der Waals surface area contributed by atoms with Crippen LogP contribution in [0.1, 0.15) is 37.6 Å². The minimum absolute atomic E-state index is 0.100. The Kier molecular flexibility index (Phi) is 8.80. The predicted molar refractivity (Wildman–Crippen MR) is 130 cm³/mol. The van der Waals surface area contributed by atoms with Crippen LogP contribution in [0.25, 0.3) is 0 Å². The molecule has 1 amide bonds. The number of carbonyl (C=O) groups is 2. The van der Waals surface area contributed by atoms with Crippen LogP contribution >= 0.6 is 0 Å². The molecule has 2 rings (SSSR count). The number of nitrogens with two attached hydrogens (primary N) is 1. The Balaban J connectivity index is 2.18. The number of carboxylic acid groups (broad SMARTS) is 1. The lowest BCUT2D eigenvalue weighted by Gasteiger charge is -2.27. The quantitative estimate of drug-likeness (QED) is 0.304. The van der Waals surface area contributed by atoms with Crippen LogP contribution in [0.5, 0.6) is 11.5 Å². The molecule has 9 nitrogen and oxygen atoms in total. The van der Waals surface area contributed by atoms with Gasteiger partial charge in [-0.1, -0.05) is 18.7 Å². The van der Waals surface area contributed by atoms with Crippen molar-refractivity contribution >= 4 is 17.6 Å². The number of hydrogen-bond acceptors (Lipinski definition) is 7. The smallest absolute Gasteiger partial charge is 0.336 e. The maximum Gasteiger partial charge on any atom is 0.336 e. The summed E-state index contributed by atoms with van der Waals surface area (Å²) in [5.41, 5.74) is 6.86. The number of benzene rings is 1. The molecule has 0 unspecified atom stereocenters. The van der Waals surface area contributed by atoms with Crippen molar-refractivity contribution in [2.45, 2.75) is 32.7 Å². The third-order valence-corrected chi connectivity index (χ3v) is 5.02. The third kappa shape index (κ3) is 6.82. The molecule has 0 heterocycles. The van der Waals surface area contributed by atoms with Crippen molar-refractivity contribution in [1.82, 2.24) is 5.32 Å². The molecule has 0 fully saturated rings. The molecule has 0 saturated carbocycles. The first-order chi connectivity index (χ1) is 16.0. The molecular formula is C25H31N3O6. The first kappa shape index (κ1) is 26.4. The van der Waals surface area contributed by atoms with Gasteiger partial charge in [0, 0.05) is 24.1 Å². The number of rotatable bonds is 10. The molecule has 0 aromatic heterocycles. The summed E-state index contributed by atoms with van der Waals surface area (Å²) in [6, 6.07) is 4.39. The lowest BCUT2D eigenvalue weighted by molar-refractivity contribution is -0.132. The number of aliphatic carboxylic acids is 1. The molecule has 0 radical (unpaired) electrons. The van der Waals surface area contributed by atoms with Crippen molar-refractivity contribution in [2.75, 3.05) is 20.3 Å². The Bertz CT molecular complexity index is 1100. The monoisotopic (exact) mass is 469 g/mol. The Hall–Kier alpha value is -3.85. The Morgan fingerprint density at radius 2 is 2.03 bits per heavy atom. The number of ether oxygens (including phenoxy) is 2. The second-order valence-electron chi connectivity index (χ2n) is 8.29. The van der Waals surface area contributed by atoms with Gasteiger partial charge >= 0.3 is 5.97 Å². The topological polar surface area (TPSA) is 143 Å². The number of nitrogens with zero attached hydrogens (tertiary/aromatic N) is 1. The van der Waals surface area contributed by atoms with Gasteiger partial charge in [0.25, 0.3) is 5.91 Å². The van der Waals surface area contributed by atoms with Crippen LogP contribution in [0, 0.1) is 0 Å². The molecule has 1 aromatic carbocycles. The first-order valence-electron chi connectivity index (χ1n) is 10.6. The molecule has 1 aliphatic rings. The number of aliphatic imine (C=N–C) groups is 1. The van der Waals surface area contributed by atoms with E-state index < -0.39 is 11.5 Å². The van der Waals surface area contributed by atoms with Crippen molar-refractivity contribution in [3.63, 3.8) is 0 Å². The second kappa shape index (κ2) is 11.3. The molecule has 1 aliphatic carbocycles. The summed E-state index contributed by atoms with van der Waals surface area (Å²) in [7, 11) is 1.43. The fourth-order valence-electron chi connectivity index (χ4n) is 3.10. The fourth-order valence-corrected chi connectivity index (χ4v) is 3.10. The van der Waals surface area contributed by atoms with Crippen molar-refractivity contribution in [2.24, 2.45) is 10.7 Å². The van der Waals surface area contributed by atoms with Crippen molar-refractivity contribution < 1.29 is 29.3 Å². The highest BCUT2D eigenvalue weighted by molar-refractivity contribution is 6.17. The van der Waals surface area contributed by atoms with Crippen molar-refractivity contribution in [1.29, 1.82) is 0 Å². The molecule has 34 heavy (non-hydrogen) atoms. The van der Waals surface area contributed by atoms with Gasteiger partial charge < -0.3 is 30.7 Å². The van der Waals surface area contributed by atoms with Gasteiger partial charge in [-0.2, -0.15) is 0 Å². The minimum Gasteiger partial charge on any atom is -0.504 e. The zero-order chi connectivity index (χ0) is 25.5. The van der Waals surface area contributed by atoms with E-state index in [1.165, 1.54) is 19.2 Å². The molecule has 182 valence electrons. The van der Waals surface area contributed by atoms with E-state index in [-0.39, 0.29) is 47.4 Å². The predicted octanol–water partition coefficient (Wildman–Crippen LogP) is 3.08. The number of amides is 1. The Morgan fingerprint density at radius 3 is 2.62 bits per heavy atom. The van der Waals surface area contributed by atoms with Crippen LogP contribution in [0.2, 0.25) is 0 Å². The van der Waals surface area contributed by atoms with E-state index in [4.69, 9.17) is 20.3 Å². The van der Waals surface area contributed by atoms with E-state index in [2.05, 4.69) is 16.9 Å². The Labute approximate surface area is 199 Å². The highest BCUT2D eigenvalue weighted by Gasteiger charge is 2.25. The van der Waals surface area contributed by atoms with Crippen LogP contribution in [-0.2, 0) is 9.53 Å². The van der Waals surface area contributed by atoms with Gasteiger partial charge in [-0.25, -0.2) is 4.79 Å². The summed E-state index contributed by atoms with van der Waals surface area (Å²) in [4.78, 5) is 28.3. The van der Waals surface area contributed by atoms with E-state index in [9.17, 15) is 14.7 Å². The molecule has 0 aliphatic heterocycles. The lowest BCUT2D eigenvalue weighted by atomic mass is 10.1. The van der Waals surface area contributed by atoms with E-state index in [1.807, 2.05) is 6.08 Å². The zero-order valence-electron chi connectivity index (χ0n) is 19.8.